The van der Waals surface area contributed by atoms with Crippen molar-refractivity contribution >= 4 is 17.5 Å². The van der Waals surface area contributed by atoms with Gasteiger partial charge in [0.15, 0.2) is 5.78 Å². The van der Waals surface area contributed by atoms with E-state index >= 15 is 0 Å². The summed E-state index contributed by atoms with van der Waals surface area (Å²) in [5.74, 6) is 1.37. The largest absolute Gasteiger partial charge is 0.294 e. The van der Waals surface area contributed by atoms with E-state index in [0.29, 0.717) is 0 Å². The molecule has 1 atom stereocenters. The van der Waals surface area contributed by atoms with Crippen LogP contribution in [0.3, 0.4) is 0 Å². The van der Waals surface area contributed by atoms with Crippen LogP contribution in [0.15, 0.2) is 41.8 Å². The molecule has 0 spiro atoms. The molecule has 14 heavy (non-hydrogen) atoms. The average Bonchev–Trinajstić information content (AvgIpc) is 2.23. The first kappa shape index (κ1) is 9.53. The number of benzene rings is 1. The van der Waals surface area contributed by atoms with Gasteiger partial charge in [0.2, 0.25) is 0 Å². The van der Waals surface area contributed by atoms with E-state index in [9.17, 15) is 4.79 Å². The van der Waals surface area contributed by atoms with Gasteiger partial charge in [0.1, 0.15) is 0 Å². The van der Waals surface area contributed by atoms with Crippen LogP contribution in [0, 0.1) is 5.92 Å². The quantitative estimate of drug-likeness (QED) is 0.736. The van der Waals surface area contributed by atoms with Crippen molar-refractivity contribution in [2.45, 2.75) is 6.42 Å². The van der Waals surface area contributed by atoms with Crippen molar-refractivity contribution < 1.29 is 4.79 Å². The number of carbonyl (C=O) groups excluding carboxylic acids is 1. The van der Waals surface area contributed by atoms with Crippen molar-refractivity contribution in [3.8, 4) is 0 Å². The Bertz CT molecular complexity index is 343. The molecule has 1 aliphatic heterocycles. The zero-order chi connectivity index (χ0) is 9.80. The van der Waals surface area contributed by atoms with Gasteiger partial charge in [-0.1, -0.05) is 30.3 Å². The number of carbonyl (C=O) groups is 1. The number of thioether (sulfide) groups is 1. The molecule has 1 aromatic carbocycles. The number of hydrogen-bond acceptors (Lipinski definition) is 2. The van der Waals surface area contributed by atoms with Crippen LogP contribution in [-0.2, 0) is 11.2 Å². The number of ketones is 1. The summed E-state index contributed by atoms with van der Waals surface area (Å²) >= 11 is 1.72. The molecule has 0 N–H and O–H groups in total. The molecular weight excluding hydrogens is 192 g/mol. The Morgan fingerprint density at radius 2 is 2.07 bits per heavy atom. The van der Waals surface area contributed by atoms with Crippen LogP contribution in [0.2, 0.25) is 0 Å². The number of rotatable bonds is 2. The number of hydrogen-bond donors (Lipinski definition) is 0. The van der Waals surface area contributed by atoms with E-state index in [2.05, 4.69) is 12.1 Å². The Hall–Kier alpha value is -1.02. The molecule has 1 nitrogen and oxygen atoms in total. The predicted octanol–water partition coefficient (Wildman–Crippen LogP) is 2.67. The van der Waals surface area contributed by atoms with Gasteiger partial charge < -0.3 is 0 Å². The Labute approximate surface area is 88.2 Å². The lowest BCUT2D eigenvalue weighted by molar-refractivity contribution is -0.117. The third kappa shape index (κ3) is 2.26. The highest BCUT2D eigenvalue weighted by Gasteiger charge is 2.18. The maximum Gasteiger partial charge on any atom is 0.160 e. The molecule has 2 heteroatoms. The summed E-state index contributed by atoms with van der Waals surface area (Å²) in [5, 5.41) is 1.89. The summed E-state index contributed by atoms with van der Waals surface area (Å²) in [6.07, 6.45) is 2.57. The second-order valence-corrected chi connectivity index (χ2v) is 4.36. The fourth-order valence-electron chi connectivity index (χ4n) is 1.56. The van der Waals surface area contributed by atoms with Crippen molar-refractivity contribution in [1.82, 2.24) is 0 Å². The minimum atomic E-state index is 0.174. The Kier molecular flexibility index (Phi) is 3.04. The van der Waals surface area contributed by atoms with E-state index in [4.69, 9.17) is 0 Å². The van der Waals surface area contributed by atoms with Gasteiger partial charge in [0, 0.05) is 11.7 Å². The van der Waals surface area contributed by atoms with E-state index in [0.717, 1.165) is 12.2 Å². The van der Waals surface area contributed by atoms with E-state index in [1.807, 2.05) is 23.6 Å². The van der Waals surface area contributed by atoms with Crippen LogP contribution in [0.5, 0.6) is 0 Å². The van der Waals surface area contributed by atoms with Gasteiger partial charge in [-0.15, -0.1) is 11.8 Å². The normalized spacial score (nSPS) is 21.1. The fourth-order valence-corrected chi connectivity index (χ4v) is 2.42. The highest BCUT2D eigenvalue weighted by molar-refractivity contribution is 8.02. The highest BCUT2D eigenvalue weighted by atomic mass is 32.2. The number of allylic oxidation sites excluding steroid dienone is 1. The second-order valence-electron chi connectivity index (χ2n) is 3.43. The second kappa shape index (κ2) is 4.47. The Morgan fingerprint density at radius 1 is 1.29 bits per heavy atom. The minimum Gasteiger partial charge on any atom is -0.294 e. The summed E-state index contributed by atoms with van der Waals surface area (Å²) in [5.41, 5.74) is 1.25. The van der Waals surface area contributed by atoms with Crippen LogP contribution < -0.4 is 0 Å². The molecule has 1 unspecified atom stereocenters. The molecule has 1 aliphatic rings. The van der Waals surface area contributed by atoms with Crippen molar-refractivity contribution in [2.24, 2.45) is 5.92 Å². The van der Waals surface area contributed by atoms with Crippen LogP contribution in [0.25, 0.3) is 0 Å². The molecular formula is C12H12OS. The molecule has 0 bridgehead atoms. The zero-order valence-electron chi connectivity index (χ0n) is 7.85. The van der Waals surface area contributed by atoms with Crippen molar-refractivity contribution in [3.63, 3.8) is 0 Å². The first-order valence-electron chi connectivity index (χ1n) is 4.72. The van der Waals surface area contributed by atoms with E-state index in [-0.39, 0.29) is 11.7 Å². The smallest absolute Gasteiger partial charge is 0.160 e. The minimum absolute atomic E-state index is 0.174. The lowest BCUT2D eigenvalue weighted by Crippen LogP contribution is -2.19. The topological polar surface area (TPSA) is 17.1 Å². The summed E-state index contributed by atoms with van der Waals surface area (Å²) in [7, 11) is 0. The first-order chi connectivity index (χ1) is 6.86. The fraction of sp³-hybridized carbons (Fsp3) is 0.250. The molecule has 0 aromatic heterocycles. The van der Waals surface area contributed by atoms with Gasteiger partial charge in [-0.2, -0.15) is 0 Å². The molecule has 0 saturated heterocycles. The molecule has 0 fully saturated rings. The van der Waals surface area contributed by atoms with Gasteiger partial charge in [-0.3, -0.25) is 4.79 Å². The predicted molar refractivity (Wildman–Crippen MR) is 60.2 cm³/mol. The van der Waals surface area contributed by atoms with Gasteiger partial charge >= 0.3 is 0 Å². The van der Waals surface area contributed by atoms with E-state index in [1.54, 1.807) is 17.8 Å². The van der Waals surface area contributed by atoms with Gasteiger partial charge in [-0.05, 0) is 23.5 Å². The molecule has 1 aromatic rings. The summed E-state index contributed by atoms with van der Waals surface area (Å²) in [4.78, 5) is 11.5. The van der Waals surface area contributed by atoms with Crippen molar-refractivity contribution in [2.75, 3.05) is 5.75 Å². The third-order valence-electron chi connectivity index (χ3n) is 2.35. The van der Waals surface area contributed by atoms with Crippen molar-refractivity contribution in [3.05, 3.63) is 47.4 Å². The molecule has 0 radical (unpaired) electrons. The summed E-state index contributed by atoms with van der Waals surface area (Å²) in [6.45, 7) is 0. The molecule has 0 aliphatic carbocycles. The molecule has 2 rings (SSSR count). The Morgan fingerprint density at radius 3 is 2.79 bits per heavy atom. The lowest BCUT2D eigenvalue weighted by Gasteiger charge is -2.15. The van der Waals surface area contributed by atoms with Crippen LogP contribution >= 0.6 is 11.8 Å². The summed E-state index contributed by atoms with van der Waals surface area (Å²) < 4.78 is 0. The maximum absolute atomic E-state index is 11.5. The molecule has 1 heterocycles. The standard InChI is InChI=1S/C12H12OS/c13-12-6-7-14-9-11(12)8-10-4-2-1-3-5-10/h1-7,11H,8-9H2. The van der Waals surface area contributed by atoms with Crippen LogP contribution in [0.4, 0.5) is 0 Å². The van der Waals surface area contributed by atoms with E-state index in [1.165, 1.54) is 5.56 Å². The molecule has 0 saturated carbocycles. The third-order valence-corrected chi connectivity index (χ3v) is 3.28. The van der Waals surface area contributed by atoms with Crippen molar-refractivity contribution in [1.29, 1.82) is 0 Å². The van der Waals surface area contributed by atoms with Gasteiger partial charge in [-0.25, -0.2) is 0 Å². The SMILES string of the molecule is O=C1C=CSCC1Cc1ccccc1. The maximum atomic E-state index is 11.5. The first-order valence-corrected chi connectivity index (χ1v) is 5.77. The monoisotopic (exact) mass is 204 g/mol. The molecule has 0 amide bonds. The zero-order valence-corrected chi connectivity index (χ0v) is 8.67. The Balaban J connectivity index is 2.04. The van der Waals surface area contributed by atoms with Gasteiger partial charge in [0.05, 0.1) is 0 Å². The van der Waals surface area contributed by atoms with Gasteiger partial charge in [0.25, 0.3) is 0 Å². The van der Waals surface area contributed by atoms with Crippen LogP contribution in [0.1, 0.15) is 5.56 Å². The lowest BCUT2D eigenvalue weighted by atomic mass is 9.97. The summed E-state index contributed by atoms with van der Waals surface area (Å²) in [6, 6.07) is 10.2. The highest BCUT2D eigenvalue weighted by Crippen LogP contribution is 2.21. The average molecular weight is 204 g/mol. The van der Waals surface area contributed by atoms with Crippen LogP contribution in [-0.4, -0.2) is 11.5 Å². The molecule has 72 valence electrons. The van der Waals surface area contributed by atoms with E-state index < -0.39 is 0 Å².